The van der Waals surface area contributed by atoms with E-state index < -0.39 is 6.10 Å². The third-order valence-electron chi connectivity index (χ3n) is 2.58. The van der Waals surface area contributed by atoms with E-state index in [1.54, 1.807) is 23.8 Å². The summed E-state index contributed by atoms with van der Waals surface area (Å²) in [6.07, 6.45) is 1.20. The first-order valence-electron chi connectivity index (χ1n) is 5.16. The predicted molar refractivity (Wildman–Crippen MR) is 60.9 cm³/mol. The molecule has 0 spiro atoms. The molecule has 0 saturated carbocycles. The molecule has 1 rings (SSSR count). The van der Waals surface area contributed by atoms with E-state index in [-0.39, 0.29) is 11.0 Å². The molecule has 0 bridgehead atoms. The van der Waals surface area contributed by atoms with Crippen molar-refractivity contribution in [3.63, 3.8) is 0 Å². The molecule has 1 N–H and O–H groups in total. The average Bonchev–Trinajstić information content (AvgIpc) is 2.11. The number of nitrogens with zero attached hydrogens (tertiary/aromatic N) is 1. The molecule has 84 valence electrons. The van der Waals surface area contributed by atoms with Crippen molar-refractivity contribution in [2.24, 2.45) is 5.41 Å². The van der Waals surface area contributed by atoms with E-state index in [1.165, 1.54) is 0 Å². The lowest BCUT2D eigenvalue weighted by Crippen LogP contribution is -2.34. The van der Waals surface area contributed by atoms with Crippen LogP contribution in [0.5, 0.6) is 0 Å². The van der Waals surface area contributed by atoms with Gasteiger partial charge in [0.15, 0.2) is 0 Å². The van der Waals surface area contributed by atoms with Gasteiger partial charge in [0.25, 0.3) is 5.56 Å². The Hall–Kier alpha value is -1.09. The van der Waals surface area contributed by atoms with Gasteiger partial charge in [-0.15, -0.1) is 0 Å². The zero-order valence-electron chi connectivity index (χ0n) is 9.82. The molecule has 0 aliphatic rings. The van der Waals surface area contributed by atoms with Crippen LogP contribution < -0.4 is 5.56 Å². The Morgan fingerprint density at radius 1 is 1.47 bits per heavy atom. The first kappa shape index (κ1) is 12.0. The second kappa shape index (κ2) is 4.19. The highest BCUT2D eigenvalue weighted by Gasteiger charge is 2.22. The molecule has 0 saturated heterocycles. The Labute approximate surface area is 90.4 Å². The van der Waals surface area contributed by atoms with Gasteiger partial charge in [-0.05, 0) is 18.4 Å². The fraction of sp³-hybridized carbons (Fsp3) is 0.583. The molecule has 3 nitrogen and oxygen atoms in total. The maximum atomic E-state index is 11.7. The van der Waals surface area contributed by atoms with Gasteiger partial charge >= 0.3 is 0 Å². The Bertz CT molecular complexity index is 387. The van der Waals surface area contributed by atoms with Gasteiger partial charge in [0.05, 0.1) is 12.6 Å². The zero-order chi connectivity index (χ0) is 11.6. The molecule has 1 atom stereocenters. The van der Waals surface area contributed by atoms with Crippen molar-refractivity contribution in [1.29, 1.82) is 0 Å². The first-order chi connectivity index (χ1) is 6.82. The van der Waals surface area contributed by atoms with E-state index in [1.807, 2.05) is 26.8 Å². The van der Waals surface area contributed by atoms with Gasteiger partial charge in [-0.25, -0.2) is 0 Å². The Balaban J connectivity index is 2.91. The number of rotatable bonds is 2. The third-order valence-corrected chi connectivity index (χ3v) is 2.58. The monoisotopic (exact) mass is 209 g/mol. The number of hydrogen-bond acceptors (Lipinski definition) is 2. The minimum absolute atomic E-state index is 0.0270. The molecule has 1 aromatic rings. The average molecular weight is 209 g/mol. The van der Waals surface area contributed by atoms with Crippen LogP contribution in [-0.4, -0.2) is 15.8 Å². The number of aromatic nitrogens is 1. The second-order valence-corrected chi connectivity index (χ2v) is 5.03. The molecule has 3 heteroatoms. The van der Waals surface area contributed by atoms with Crippen molar-refractivity contribution in [1.82, 2.24) is 4.57 Å². The molecule has 15 heavy (non-hydrogen) atoms. The summed E-state index contributed by atoms with van der Waals surface area (Å²) >= 11 is 0. The van der Waals surface area contributed by atoms with Gasteiger partial charge in [0.1, 0.15) is 0 Å². The van der Waals surface area contributed by atoms with E-state index in [9.17, 15) is 9.90 Å². The highest BCUT2D eigenvalue weighted by atomic mass is 16.3. The van der Waals surface area contributed by atoms with Crippen molar-refractivity contribution >= 4 is 0 Å². The third kappa shape index (κ3) is 2.93. The maximum absolute atomic E-state index is 11.7. The summed E-state index contributed by atoms with van der Waals surface area (Å²) in [5, 5.41) is 9.89. The normalized spacial score (nSPS) is 13.9. The van der Waals surface area contributed by atoms with Crippen molar-refractivity contribution in [2.75, 3.05) is 0 Å². The van der Waals surface area contributed by atoms with E-state index in [0.717, 1.165) is 0 Å². The number of aliphatic hydroxyl groups excluding tert-OH is 1. The molecule has 1 heterocycles. The summed E-state index contributed by atoms with van der Waals surface area (Å²) in [6.45, 7) is 8.00. The molecule has 1 aromatic heterocycles. The van der Waals surface area contributed by atoms with Gasteiger partial charge in [0, 0.05) is 11.8 Å². The maximum Gasteiger partial charge on any atom is 0.253 e. The van der Waals surface area contributed by atoms with Crippen molar-refractivity contribution in [2.45, 2.75) is 40.3 Å². The van der Waals surface area contributed by atoms with Crippen LogP contribution in [0.15, 0.2) is 23.1 Å². The summed E-state index contributed by atoms with van der Waals surface area (Å²) in [6, 6.07) is 3.61. The summed E-state index contributed by atoms with van der Waals surface area (Å²) in [5.74, 6) is 0. The van der Waals surface area contributed by atoms with E-state index >= 15 is 0 Å². The van der Waals surface area contributed by atoms with Crippen LogP contribution in [0.4, 0.5) is 0 Å². The van der Waals surface area contributed by atoms with Crippen LogP contribution in [0.25, 0.3) is 0 Å². The van der Waals surface area contributed by atoms with Gasteiger partial charge in [-0.2, -0.15) is 0 Å². The summed E-state index contributed by atoms with van der Waals surface area (Å²) in [5.41, 5.74) is 0.475. The van der Waals surface area contributed by atoms with Crippen LogP contribution in [0.1, 0.15) is 26.3 Å². The van der Waals surface area contributed by atoms with Gasteiger partial charge in [0.2, 0.25) is 0 Å². The second-order valence-electron chi connectivity index (χ2n) is 5.03. The number of pyridine rings is 1. The van der Waals surface area contributed by atoms with Gasteiger partial charge in [-0.1, -0.05) is 26.8 Å². The van der Waals surface area contributed by atoms with E-state index in [0.29, 0.717) is 12.1 Å². The van der Waals surface area contributed by atoms with Crippen molar-refractivity contribution < 1.29 is 5.11 Å². The largest absolute Gasteiger partial charge is 0.391 e. The topological polar surface area (TPSA) is 42.2 Å². The van der Waals surface area contributed by atoms with E-state index in [2.05, 4.69) is 0 Å². The van der Waals surface area contributed by atoms with E-state index in [4.69, 9.17) is 0 Å². The fourth-order valence-electron chi connectivity index (χ4n) is 1.26. The minimum atomic E-state index is -0.517. The molecule has 0 amide bonds. The number of aryl methyl sites for hydroxylation is 1. The molecule has 1 unspecified atom stereocenters. The zero-order valence-corrected chi connectivity index (χ0v) is 9.82. The van der Waals surface area contributed by atoms with Gasteiger partial charge < -0.3 is 9.67 Å². The predicted octanol–water partition coefficient (Wildman–Crippen LogP) is 1.56. The molecule has 0 aliphatic heterocycles. The molecule has 0 radical (unpaired) electrons. The van der Waals surface area contributed by atoms with Crippen LogP contribution in [0, 0.1) is 12.3 Å². The lowest BCUT2D eigenvalue weighted by molar-refractivity contribution is 0.0472. The number of aliphatic hydroxyl groups is 1. The Morgan fingerprint density at radius 2 is 2.07 bits per heavy atom. The lowest BCUT2D eigenvalue weighted by Gasteiger charge is -2.26. The Kier molecular flexibility index (Phi) is 3.35. The fourth-order valence-corrected chi connectivity index (χ4v) is 1.26. The highest BCUT2D eigenvalue weighted by Crippen LogP contribution is 2.19. The molecule has 0 aliphatic carbocycles. The van der Waals surface area contributed by atoms with Crippen LogP contribution >= 0.6 is 0 Å². The standard InChI is InChI=1S/C12H19NO2/c1-9-6-5-7-13(11(9)15)8-10(14)12(2,3)4/h5-7,10,14H,8H2,1-4H3. The molecule has 0 aromatic carbocycles. The molecule has 0 fully saturated rings. The van der Waals surface area contributed by atoms with Crippen LogP contribution in [0.2, 0.25) is 0 Å². The smallest absolute Gasteiger partial charge is 0.253 e. The quantitative estimate of drug-likeness (QED) is 0.803. The van der Waals surface area contributed by atoms with Gasteiger partial charge in [-0.3, -0.25) is 4.79 Å². The lowest BCUT2D eigenvalue weighted by atomic mass is 9.89. The van der Waals surface area contributed by atoms with Crippen molar-refractivity contribution in [3.05, 3.63) is 34.2 Å². The minimum Gasteiger partial charge on any atom is -0.391 e. The summed E-state index contributed by atoms with van der Waals surface area (Å²) in [4.78, 5) is 11.7. The Morgan fingerprint density at radius 3 is 2.60 bits per heavy atom. The first-order valence-corrected chi connectivity index (χ1v) is 5.16. The SMILES string of the molecule is Cc1cccn(CC(O)C(C)(C)C)c1=O. The van der Waals surface area contributed by atoms with Crippen LogP contribution in [0.3, 0.4) is 0 Å². The summed E-state index contributed by atoms with van der Waals surface area (Å²) in [7, 11) is 0. The molecular formula is C12H19NO2. The highest BCUT2D eigenvalue weighted by molar-refractivity contribution is 5.07. The van der Waals surface area contributed by atoms with Crippen LogP contribution in [-0.2, 0) is 6.54 Å². The number of hydrogen-bond donors (Lipinski definition) is 1. The summed E-state index contributed by atoms with van der Waals surface area (Å²) < 4.78 is 1.56. The molecular weight excluding hydrogens is 190 g/mol. The van der Waals surface area contributed by atoms with Crippen molar-refractivity contribution in [3.8, 4) is 0 Å².